The highest BCUT2D eigenvalue weighted by Crippen LogP contribution is 2.28. The molecule has 0 radical (unpaired) electrons. The SMILES string of the molecule is NC(CC(O)c1ccc2ccccc2c1)C(F)(F)F. The van der Waals surface area contributed by atoms with E-state index in [1.165, 1.54) is 0 Å². The number of rotatable bonds is 3. The lowest BCUT2D eigenvalue weighted by Crippen LogP contribution is -2.38. The molecule has 0 aliphatic carbocycles. The van der Waals surface area contributed by atoms with Gasteiger partial charge < -0.3 is 10.8 Å². The smallest absolute Gasteiger partial charge is 0.388 e. The Labute approximate surface area is 108 Å². The van der Waals surface area contributed by atoms with E-state index in [0.29, 0.717) is 5.56 Å². The van der Waals surface area contributed by atoms with Crippen LogP contribution >= 0.6 is 0 Å². The number of hydrogen-bond acceptors (Lipinski definition) is 2. The number of halogens is 3. The summed E-state index contributed by atoms with van der Waals surface area (Å²) in [6, 6.07) is 10.5. The van der Waals surface area contributed by atoms with Crippen molar-refractivity contribution in [3.05, 3.63) is 48.0 Å². The van der Waals surface area contributed by atoms with E-state index in [1.54, 1.807) is 18.2 Å². The van der Waals surface area contributed by atoms with Gasteiger partial charge in [-0.3, -0.25) is 0 Å². The standard InChI is InChI=1S/C14H14F3NO/c15-14(16,17)13(18)8-12(19)11-6-5-9-3-1-2-4-10(9)7-11/h1-7,12-13,19H,8,18H2. The highest BCUT2D eigenvalue weighted by atomic mass is 19.4. The van der Waals surface area contributed by atoms with Crippen molar-refractivity contribution in [2.45, 2.75) is 24.7 Å². The van der Waals surface area contributed by atoms with Crippen molar-refractivity contribution < 1.29 is 18.3 Å². The van der Waals surface area contributed by atoms with Crippen LogP contribution in [0.3, 0.4) is 0 Å². The van der Waals surface area contributed by atoms with E-state index < -0.39 is 24.7 Å². The lowest BCUT2D eigenvalue weighted by molar-refractivity contribution is -0.153. The molecule has 0 aromatic heterocycles. The first-order valence-electron chi connectivity index (χ1n) is 5.87. The Balaban J connectivity index is 2.19. The van der Waals surface area contributed by atoms with Gasteiger partial charge >= 0.3 is 6.18 Å². The minimum Gasteiger partial charge on any atom is -0.388 e. The molecule has 0 fully saturated rings. The molecule has 2 atom stereocenters. The van der Waals surface area contributed by atoms with Gasteiger partial charge in [-0.1, -0.05) is 36.4 Å². The quantitative estimate of drug-likeness (QED) is 0.899. The van der Waals surface area contributed by atoms with Crippen LogP contribution in [0.1, 0.15) is 18.1 Å². The number of hydrogen-bond donors (Lipinski definition) is 2. The Morgan fingerprint density at radius 1 is 1.05 bits per heavy atom. The minimum atomic E-state index is -4.49. The lowest BCUT2D eigenvalue weighted by atomic mass is 9.99. The van der Waals surface area contributed by atoms with Crippen molar-refractivity contribution >= 4 is 10.8 Å². The molecule has 2 rings (SSSR count). The van der Waals surface area contributed by atoms with Crippen LogP contribution in [0.15, 0.2) is 42.5 Å². The molecular weight excluding hydrogens is 255 g/mol. The molecule has 2 nitrogen and oxygen atoms in total. The zero-order valence-corrected chi connectivity index (χ0v) is 10.1. The summed E-state index contributed by atoms with van der Waals surface area (Å²) in [7, 11) is 0. The van der Waals surface area contributed by atoms with Gasteiger partial charge in [-0.25, -0.2) is 0 Å². The first-order chi connectivity index (χ1) is 8.88. The van der Waals surface area contributed by atoms with E-state index in [2.05, 4.69) is 0 Å². The average Bonchev–Trinajstić information content (AvgIpc) is 2.37. The summed E-state index contributed by atoms with van der Waals surface area (Å²) in [5, 5.41) is 11.7. The van der Waals surface area contributed by atoms with Crippen molar-refractivity contribution in [2.75, 3.05) is 0 Å². The maximum atomic E-state index is 12.3. The van der Waals surface area contributed by atoms with Crippen molar-refractivity contribution in [3.63, 3.8) is 0 Å². The van der Waals surface area contributed by atoms with Crippen molar-refractivity contribution in [3.8, 4) is 0 Å². The fraction of sp³-hybridized carbons (Fsp3) is 0.286. The molecule has 0 aliphatic heterocycles. The zero-order chi connectivity index (χ0) is 14.0. The third-order valence-electron chi connectivity index (χ3n) is 3.06. The second kappa shape index (κ2) is 5.19. The minimum absolute atomic E-state index is 0.443. The van der Waals surface area contributed by atoms with Crippen LogP contribution in [0.2, 0.25) is 0 Å². The topological polar surface area (TPSA) is 46.2 Å². The molecule has 2 aromatic carbocycles. The molecule has 5 heteroatoms. The fourth-order valence-electron chi connectivity index (χ4n) is 1.93. The zero-order valence-electron chi connectivity index (χ0n) is 10.1. The first kappa shape index (κ1) is 13.8. The molecule has 0 spiro atoms. The van der Waals surface area contributed by atoms with Crippen LogP contribution in [0.5, 0.6) is 0 Å². The Bertz CT molecular complexity index is 568. The largest absolute Gasteiger partial charge is 0.403 e. The van der Waals surface area contributed by atoms with Crippen LogP contribution in [-0.4, -0.2) is 17.3 Å². The van der Waals surface area contributed by atoms with Crippen LogP contribution in [0.4, 0.5) is 13.2 Å². The molecule has 102 valence electrons. The number of aliphatic hydroxyl groups excluding tert-OH is 1. The van der Waals surface area contributed by atoms with Crippen LogP contribution in [0.25, 0.3) is 10.8 Å². The molecule has 0 aliphatic rings. The summed E-state index contributed by atoms with van der Waals surface area (Å²) in [6.45, 7) is 0. The van der Waals surface area contributed by atoms with Crippen LogP contribution in [0, 0.1) is 0 Å². The number of benzene rings is 2. The van der Waals surface area contributed by atoms with Crippen LogP contribution < -0.4 is 5.73 Å². The Morgan fingerprint density at radius 3 is 2.32 bits per heavy atom. The highest BCUT2D eigenvalue weighted by molar-refractivity contribution is 5.83. The molecule has 19 heavy (non-hydrogen) atoms. The molecule has 3 N–H and O–H groups in total. The molecular formula is C14H14F3NO. The summed E-state index contributed by atoms with van der Waals surface area (Å²) in [4.78, 5) is 0. The van der Waals surface area contributed by atoms with Gasteiger partial charge in [0.15, 0.2) is 0 Å². The third kappa shape index (κ3) is 3.24. The number of fused-ring (bicyclic) bond motifs is 1. The van der Waals surface area contributed by atoms with Gasteiger partial charge in [0.05, 0.1) is 6.10 Å². The van der Waals surface area contributed by atoms with Gasteiger partial charge in [0, 0.05) is 6.42 Å². The summed E-state index contributed by atoms with van der Waals surface area (Å²) in [5.74, 6) is 0. The second-order valence-electron chi connectivity index (χ2n) is 4.51. The molecule has 0 heterocycles. The molecule has 0 saturated heterocycles. The average molecular weight is 269 g/mol. The van der Waals surface area contributed by atoms with E-state index in [-0.39, 0.29) is 0 Å². The van der Waals surface area contributed by atoms with E-state index in [1.807, 2.05) is 24.3 Å². The number of alkyl halides is 3. The van der Waals surface area contributed by atoms with Crippen molar-refractivity contribution in [1.82, 2.24) is 0 Å². The highest BCUT2D eigenvalue weighted by Gasteiger charge is 2.37. The Hall–Kier alpha value is -1.59. The Kier molecular flexibility index (Phi) is 3.78. The van der Waals surface area contributed by atoms with Gasteiger partial charge in [-0.05, 0) is 22.4 Å². The van der Waals surface area contributed by atoms with Crippen molar-refractivity contribution in [1.29, 1.82) is 0 Å². The van der Waals surface area contributed by atoms with E-state index >= 15 is 0 Å². The van der Waals surface area contributed by atoms with Gasteiger partial charge in [0.1, 0.15) is 6.04 Å². The van der Waals surface area contributed by atoms with Crippen LogP contribution in [-0.2, 0) is 0 Å². The number of nitrogens with two attached hydrogens (primary N) is 1. The summed E-state index contributed by atoms with van der Waals surface area (Å²) in [6.07, 6.45) is -6.25. The summed E-state index contributed by atoms with van der Waals surface area (Å²) < 4.78 is 37.0. The molecule has 2 aromatic rings. The van der Waals surface area contributed by atoms with E-state index in [9.17, 15) is 18.3 Å². The third-order valence-corrected chi connectivity index (χ3v) is 3.06. The van der Waals surface area contributed by atoms with E-state index in [0.717, 1.165) is 10.8 Å². The first-order valence-corrected chi connectivity index (χ1v) is 5.87. The normalized spacial score (nSPS) is 15.4. The van der Waals surface area contributed by atoms with Gasteiger partial charge in [0.2, 0.25) is 0 Å². The molecule has 0 amide bonds. The maximum Gasteiger partial charge on any atom is 0.403 e. The monoisotopic (exact) mass is 269 g/mol. The second-order valence-corrected chi connectivity index (χ2v) is 4.51. The molecule has 0 saturated carbocycles. The lowest BCUT2D eigenvalue weighted by Gasteiger charge is -2.19. The van der Waals surface area contributed by atoms with Gasteiger partial charge in [-0.15, -0.1) is 0 Å². The van der Waals surface area contributed by atoms with Crippen molar-refractivity contribution in [2.24, 2.45) is 5.73 Å². The maximum absolute atomic E-state index is 12.3. The molecule has 2 unspecified atom stereocenters. The van der Waals surface area contributed by atoms with Gasteiger partial charge in [0.25, 0.3) is 0 Å². The fourth-order valence-corrected chi connectivity index (χ4v) is 1.93. The predicted octanol–water partition coefficient (Wildman–Crippen LogP) is 3.15. The Morgan fingerprint density at radius 2 is 1.68 bits per heavy atom. The van der Waals surface area contributed by atoms with E-state index in [4.69, 9.17) is 5.73 Å². The molecule has 0 bridgehead atoms. The van der Waals surface area contributed by atoms with Gasteiger partial charge in [-0.2, -0.15) is 13.2 Å². The predicted molar refractivity (Wildman–Crippen MR) is 67.6 cm³/mol. The number of aliphatic hydroxyl groups is 1. The summed E-state index contributed by atoms with van der Waals surface area (Å²) >= 11 is 0. The summed E-state index contributed by atoms with van der Waals surface area (Å²) in [5.41, 5.74) is 5.46.